The van der Waals surface area contributed by atoms with Gasteiger partial charge in [-0.1, -0.05) is 0 Å². The summed E-state index contributed by atoms with van der Waals surface area (Å²) in [5.74, 6) is 0.106. The monoisotopic (exact) mass is 256 g/mol. The molecule has 2 saturated heterocycles. The van der Waals surface area contributed by atoms with Crippen LogP contribution >= 0.6 is 0 Å². The molecule has 0 N–H and O–H groups in total. The first-order valence-corrected chi connectivity index (χ1v) is 6.86. The molecular formula is C13H24N2O3. The molecule has 2 fully saturated rings. The van der Waals surface area contributed by atoms with E-state index in [9.17, 15) is 4.79 Å². The number of nitrogens with zero attached hydrogens (tertiary/aromatic N) is 2. The average Bonchev–Trinajstić information content (AvgIpc) is 2.91. The van der Waals surface area contributed by atoms with Gasteiger partial charge in [0.15, 0.2) is 0 Å². The Labute approximate surface area is 109 Å². The van der Waals surface area contributed by atoms with Gasteiger partial charge < -0.3 is 14.4 Å². The van der Waals surface area contributed by atoms with E-state index in [4.69, 9.17) is 9.47 Å². The molecule has 2 rings (SSSR count). The van der Waals surface area contributed by atoms with E-state index in [1.807, 2.05) is 4.90 Å². The molecule has 2 aliphatic rings. The highest BCUT2D eigenvalue weighted by Crippen LogP contribution is 2.14. The lowest BCUT2D eigenvalue weighted by Crippen LogP contribution is -2.52. The molecular weight excluding hydrogens is 232 g/mol. The molecule has 1 amide bonds. The molecule has 0 aliphatic carbocycles. The van der Waals surface area contributed by atoms with Crippen LogP contribution in [0.1, 0.15) is 19.8 Å². The van der Waals surface area contributed by atoms with Crippen molar-refractivity contribution in [2.75, 3.05) is 46.4 Å². The molecule has 104 valence electrons. The van der Waals surface area contributed by atoms with E-state index in [-0.39, 0.29) is 12.0 Å². The van der Waals surface area contributed by atoms with Crippen LogP contribution in [0.15, 0.2) is 0 Å². The standard InChI is InChI=1S/C13H24N2O3/c1-11(17-2)13(16)15-7-5-14(6-8-15)10-12-4-3-9-18-12/h11-12H,3-10H2,1-2H3. The summed E-state index contributed by atoms with van der Waals surface area (Å²) in [6.07, 6.45) is 2.45. The number of ether oxygens (including phenoxy) is 2. The second-order valence-electron chi connectivity index (χ2n) is 5.14. The predicted octanol–water partition coefficient (Wildman–Crippen LogP) is 0.345. The number of methoxy groups -OCH3 is 1. The second kappa shape index (κ2) is 6.50. The zero-order valence-corrected chi connectivity index (χ0v) is 11.4. The predicted molar refractivity (Wildman–Crippen MR) is 68.5 cm³/mol. The second-order valence-corrected chi connectivity index (χ2v) is 5.14. The Bertz CT molecular complexity index is 271. The van der Waals surface area contributed by atoms with E-state index < -0.39 is 0 Å². The number of carbonyl (C=O) groups excluding carboxylic acids is 1. The Morgan fingerprint density at radius 2 is 2.11 bits per heavy atom. The van der Waals surface area contributed by atoms with Crippen LogP contribution in [0.4, 0.5) is 0 Å². The number of amides is 1. The maximum absolute atomic E-state index is 11.9. The zero-order chi connectivity index (χ0) is 13.0. The summed E-state index contributed by atoms with van der Waals surface area (Å²) in [7, 11) is 1.58. The van der Waals surface area contributed by atoms with Gasteiger partial charge in [-0.05, 0) is 19.8 Å². The van der Waals surface area contributed by atoms with Crippen LogP contribution in [0.2, 0.25) is 0 Å². The Hall–Kier alpha value is -0.650. The molecule has 2 heterocycles. The van der Waals surface area contributed by atoms with Crippen molar-refractivity contribution < 1.29 is 14.3 Å². The molecule has 0 aromatic carbocycles. The third-order valence-corrected chi connectivity index (χ3v) is 3.87. The zero-order valence-electron chi connectivity index (χ0n) is 11.4. The third kappa shape index (κ3) is 3.43. The summed E-state index contributed by atoms with van der Waals surface area (Å²) in [5, 5.41) is 0. The van der Waals surface area contributed by atoms with Crippen molar-refractivity contribution in [3.05, 3.63) is 0 Å². The topological polar surface area (TPSA) is 42.0 Å². The molecule has 0 spiro atoms. The van der Waals surface area contributed by atoms with Gasteiger partial charge in [-0.3, -0.25) is 9.69 Å². The fourth-order valence-electron chi connectivity index (χ4n) is 2.59. The first kappa shape index (κ1) is 13.8. The molecule has 0 radical (unpaired) electrons. The molecule has 0 saturated carbocycles. The molecule has 5 heteroatoms. The fraction of sp³-hybridized carbons (Fsp3) is 0.923. The summed E-state index contributed by atoms with van der Waals surface area (Å²) in [6, 6.07) is 0. The Kier molecular flexibility index (Phi) is 4.97. The maximum Gasteiger partial charge on any atom is 0.251 e. The minimum atomic E-state index is -0.324. The Morgan fingerprint density at radius 1 is 1.39 bits per heavy atom. The summed E-state index contributed by atoms with van der Waals surface area (Å²) in [4.78, 5) is 16.2. The Morgan fingerprint density at radius 3 is 2.67 bits per heavy atom. The van der Waals surface area contributed by atoms with Gasteiger partial charge in [-0.2, -0.15) is 0 Å². The van der Waals surface area contributed by atoms with E-state index in [2.05, 4.69) is 4.90 Å². The van der Waals surface area contributed by atoms with E-state index in [0.29, 0.717) is 6.10 Å². The smallest absolute Gasteiger partial charge is 0.251 e. The van der Waals surface area contributed by atoms with Crippen LogP contribution in [0.3, 0.4) is 0 Å². The van der Waals surface area contributed by atoms with Gasteiger partial charge in [-0.15, -0.1) is 0 Å². The summed E-state index contributed by atoms with van der Waals surface area (Å²) >= 11 is 0. The highest BCUT2D eigenvalue weighted by Gasteiger charge is 2.26. The summed E-state index contributed by atoms with van der Waals surface area (Å²) < 4.78 is 10.7. The van der Waals surface area contributed by atoms with Crippen LogP contribution in [0, 0.1) is 0 Å². The number of hydrogen-bond donors (Lipinski definition) is 0. The highest BCUT2D eigenvalue weighted by atomic mass is 16.5. The fourth-order valence-corrected chi connectivity index (χ4v) is 2.59. The van der Waals surface area contributed by atoms with Crippen LogP contribution in [0.25, 0.3) is 0 Å². The molecule has 5 nitrogen and oxygen atoms in total. The van der Waals surface area contributed by atoms with Crippen molar-refractivity contribution in [1.82, 2.24) is 9.80 Å². The molecule has 2 atom stereocenters. The van der Waals surface area contributed by atoms with Crippen molar-refractivity contribution in [1.29, 1.82) is 0 Å². The maximum atomic E-state index is 11.9. The highest BCUT2D eigenvalue weighted by molar-refractivity contribution is 5.80. The quantitative estimate of drug-likeness (QED) is 0.727. The van der Waals surface area contributed by atoms with Crippen molar-refractivity contribution in [3.63, 3.8) is 0 Å². The third-order valence-electron chi connectivity index (χ3n) is 3.87. The lowest BCUT2D eigenvalue weighted by molar-refractivity contribution is -0.142. The minimum Gasteiger partial charge on any atom is -0.377 e. The molecule has 2 unspecified atom stereocenters. The number of hydrogen-bond acceptors (Lipinski definition) is 4. The molecule has 2 aliphatic heterocycles. The van der Waals surface area contributed by atoms with Crippen molar-refractivity contribution in [3.8, 4) is 0 Å². The first-order valence-electron chi connectivity index (χ1n) is 6.86. The summed E-state index contributed by atoms with van der Waals surface area (Å²) in [5.41, 5.74) is 0. The van der Waals surface area contributed by atoms with Crippen molar-refractivity contribution in [2.24, 2.45) is 0 Å². The van der Waals surface area contributed by atoms with Crippen LogP contribution in [-0.2, 0) is 14.3 Å². The van der Waals surface area contributed by atoms with Crippen LogP contribution in [0.5, 0.6) is 0 Å². The Balaban J connectivity index is 1.72. The lowest BCUT2D eigenvalue weighted by Gasteiger charge is -2.36. The SMILES string of the molecule is COC(C)C(=O)N1CCN(CC2CCCO2)CC1. The van der Waals surface area contributed by atoms with Gasteiger partial charge >= 0.3 is 0 Å². The largest absolute Gasteiger partial charge is 0.377 e. The number of piperazine rings is 1. The number of carbonyl (C=O) groups is 1. The molecule has 0 bridgehead atoms. The van der Waals surface area contributed by atoms with Gasteiger partial charge in [0.25, 0.3) is 5.91 Å². The van der Waals surface area contributed by atoms with Gasteiger partial charge in [-0.25, -0.2) is 0 Å². The van der Waals surface area contributed by atoms with Gasteiger partial charge in [0.1, 0.15) is 6.10 Å². The van der Waals surface area contributed by atoms with Crippen LogP contribution < -0.4 is 0 Å². The van der Waals surface area contributed by atoms with Crippen molar-refractivity contribution in [2.45, 2.75) is 32.0 Å². The molecule has 0 aromatic heterocycles. The van der Waals surface area contributed by atoms with E-state index in [0.717, 1.165) is 39.3 Å². The average molecular weight is 256 g/mol. The normalized spacial score (nSPS) is 27.4. The molecule has 0 aromatic rings. The van der Waals surface area contributed by atoms with E-state index in [1.165, 1.54) is 12.8 Å². The van der Waals surface area contributed by atoms with Crippen LogP contribution in [-0.4, -0.2) is 74.4 Å². The number of rotatable bonds is 4. The van der Waals surface area contributed by atoms with Gasteiger partial charge in [0.05, 0.1) is 6.10 Å². The first-order chi connectivity index (χ1) is 8.70. The van der Waals surface area contributed by atoms with Gasteiger partial charge in [0, 0.05) is 46.4 Å². The van der Waals surface area contributed by atoms with E-state index >= 15 is 0 Å². The van der Waals surface area contributed by atoms with E-state index in [1.54, 1.807) is 14.0 Å². The summed E-state index contributed by atoms with van der Waals surface area (Å²) in [6.45, 7) is 7.24. The van der Waals surface area contributed by atoms with Gasteiger partial charge in [0.2, 0.25) is 0 Å². The minimum absolute atomic E-state index is 0.106. The molecule has 18 heavy (non-hydrogen) atoms. The lowest BCUT2D eigenvalue weighted by atomic mass is 10.2. The van der Waals surface area contributed by atoms with Crippen molar-refractivity contribution >= 4 is 5.91 Å².